The Morgan fingerprint density at radius 3 is 2.72 bits per heavy atom. The number of nitrogens with zero attached hydrogens (tertiary/aromatic N) is 2. The average molecular weight is 265 g/mol. The van der Waals surface area contributed by atoms with Gasteiger partial charge in [0.05, 0.1) is 5.75 Å². The van der Waals surface area contributed by atoms with Gasteiger partial charge >= 0.3 is 0 Å². The molecule has 1 aromatic rings. The lowest BCUT2D eigenvalue weighted by Crippen LogP contribution is -2.44. The summed E-state index contributed by atoms with van der Waals surface area (Å²) in [6, 6.07) is 4.44. The number of pyridine rings is 1. The number of carbonyl (C=O) groups excluding carboxylic acids is 1. The van der Waals surface area contributed by atoms with E-state index in [2.05, 4.69) is 10.3 Å². The molecule has 0 saturated carbocycles. The minimum Gasteiger partial charge on any atom is -0.342 e. The minimum absolute atomic E-state index is 0.242. The zero-order chi connectivity index (χ0) is 12.8. The maximum atomic E-state index is 12.0. The Balaban J connectivity index is 1.75. The van der Waals surface area contributed by atoms with Crippen LogP contribution in [0.5, 0.6) is 0 Å². The van der Waals surface area contributed by atoms with E-state index in [0.29, 0.717) is 11.8 Å². The molecule has 0 spiro atoms. The second-order valence-electron chi connectivity index (χ2n) is 4.42. The molecule has 0 aliphatic carbocycles. The van der Waals surface area contributed by atoms with Gasteiger partial charge in [-0.3, -0.25) is 9.78 Å². The molecule has 4 nitrogen and oxygen atoms in total. The molecule has 1 saturated heterocycles. The van der Waals surface area contributed by atoms with Crippen LogP contribution in [0.25, 0.3) is 0 Å². The first kappa shape index (κ1) is 13.4. The van der Waals surface area contributed by atoms with Crippen molar-refractivity contribution >= 4 is 17.7 Å². The second kappa shape index (κ2) is 6.75. The Bertz CT molecular complexity index is 377. The van der Waals surface area contributed by atoms with Gasteiger partial charge in [-0.1, -0.05) is 0 Å². The van der Waals surface area contributed by atoms with E-state index in [1.165, 1.54) is 0 Å². The molecule has 1 aliphatic heterocycles. The molecule has 1 fully saturated rings. The van der Waals surface area contributed by atoms with Crippen LogP contribution in [0.15, 0.2) is 29.4 Å². The molecule has 1 N–H and O–H groups in total. The summed E-state index contributed by atoms with van der Waals surface area (Å²) in [6.45, 7) is 1.75. The predicted octanol–water partition coefficient (Wildman–Crippen LogP) is 1.38. The normalized spacial score (nSPS) is 16.8. The van der Waals surface area contributed by atoms with E-state index in [-0.39, 0.29) is 5.91 Å². The molecule has 2 rings (SSSR count). The number of likely N-dealkylation sites (tertiary alicyclic amines) is 1. The van der Waals surface area contributed by atoms with Gasteiger partial charge in [0.1, 0.15) is 0 Å². The monoisotopic (exact) mass is 265 g/mol. The zero-order valence-electron chi connectivity index (χ0n) is 10.6. The predicted molar refractivity (Wildman–Crippen MR) is 73.6 cm³/mol. The van der Waals surface area contributed by atoms with Crippen LogP contribution in [0.4, 0.5) is 0 Å². The Morgan fingerprint density at radius 1 is 1.44 bits per heavy atom. The molecular weight excluding hydrogens is 246 g/mol. The van der Waals surface area contributed by atoms with Gasteiger partial charge in [0.2, 0.25) is 5.91 Å². The number of carbonyl (C=O) groups is 1. The van der Waals surface area contributed by atoms with E-state index in [9.17, 15) is 4.79 Å². The highest BCUT2D eigenvalue weighted by atomic mass is 32.2. The fourth-order valence-corrected chi connectivity index (χ4v) is 2.88. The van der Waals surface area contributed by atoms with Crippen LogP contribution in [-0.2, 0) is 4.79 Å². The quantitative estimate of drug-likeness (QED) is 0.836. The summed E-state index contributed by atoms with van der Waals surface area (Å²) in [7, 11) is 1.99. The van der Waals surface area contributed by atoms with Crippen LogP contribution in [0.3, 0.4) is 0 Å². The van der Waals surface area contributed by atoms with Crippen LogP contribution in [0, 0.1) is 0 Å². The van der Waals surface area contributed by atoms with Crippen molar-refractivity contribution in [1.29, 1.82) is 0 Å². The number of hydrogen-bond donors (Lipinski definition) is 1. The number of amides is 1. The van der Waals surface area contributed by atoms with Crippen LogP contribution < -0.4 is 5.32 Å². The maximum Gasteiger partial charge on any atom is 0.232 e. The summed E-state index contributed by atoms with van der Waals surface area (Å²) in [5.74, 6) is 0.764. The van der Waals surface area contributed by atoms with Crippen molar-refractivity contribution in [2.24, 2.45) is 0 Å². The SMILES string of the molecule is CNC1CCN(C(=O)CSc2ccncc2)CC1. The van der Waals surface area contributed by atoms with E-state index in [1.807, 2.05) is 24.1 Å². The third-order valence-electron chi connectivity index (χ3n) is 3.27. The van der Waals surface area contributed by atoms with Crippen molar-refractivity contribution in [3.8, 4) is 0 Å². The van der Waals surface area contributed by atoms with Crippen LogP contribution in [-0.4, -0.2) is 47.7 Å². The lowest BCUT2D eigenvalue weighted by Gasteiger charge is -2.31. The van der Waals surface area contributed by atoms with Gasteiger partial charge in [-0.05, 0) is 32.0 Å². The minimum atomic E-state index is 0.242. The van der Waals surface area contributed by atoms with E-state index in [1.54, 1.807) is 24.2 Å². The molecule has 0 atom stereocenters. The Morgan fingerprint density at radius 2 is 2.11 bits per heavy atom. The molecule has 2 heterocycles. The molecule has 0 radical (unpaired) electrons. The number of aromatic nitrogens is 1. The second-order valence-corrected chi connectivity index (χ2v) is 5.46. The first-order valence-electron chi connectivity index (χ1n) is 6.27. The largest absolute Gasteiger partial charge is 0.342 e. The first-order chi connectivity index (χ1) is 8.79. The topological polar surface area (TPSA) is 45.2 Å². The first-order valence-corrected chi connectivity index (χ1v) is 7.26. The number of nitrogens with one attached hydrogen (secondary N) is 1. The van der Waals surface area contributed by atoms with Crippen LogP contribution in [0.2, 0.25) is 0 Å². The van der Waals surface area contributed by atoms with Gasteiger partial charge < -0.3 is 10.2 Å². The summed E-state index contributed by atoms with van der Waals surface area (Å²) in [6.07, 6.45) is 5.63. The smallest absolute Gasteiger partial charge is 0.232 e. The van der Waals surface area contributed by atoms with Gasteiger partial charge in [-0.2, -0.15) is 0 Å². The van der Waals surface area contributed by atoms with E-state index in [0.717, 1.165) is 30.8 Å². The number of piperidine rings is 1. The molecular formula is C13H19N3OS. The van der Waals surface area contributed by atoms with Gasteiger partial charge in [-0.25, -0.2) is 0 Å². The highest BCUT2D eigenvalue weighted by Crippen LogP contribution is 2.18. The van der Waals surface area contributed by atoms with E-state index >= 15 is 0 Å². The van der Waals surface area contributed by atoms with Crippen molar-refractivity contribution in [2.75, 3.05) is 25.9 Å². The lowest BCUT2D eigenvalue weighted by molar-refractivity contribution is -0.129. The fraction of sp³-hybridized carbons (Fsp3) is 0.538. The van der Waals surface area contributed by atoms with Crippen molar-refractivity contribution in [3.05, 3.63) is 24.5 Å². The number of thioether (sulfide) groups is 1. The molecule has 98 valence electrons. The van der Waals surface area contributed by atoms with Crippen LogP contribution in [0.1, 0.15) is 12.8 Å². The summed E-state index contributed by atoms with van der Waals surface area (Å²) < 4.78 is 0. The van der Waals surface area contributed by atoms with Crippen molar-refractivity contribution in [1.82, 2.24) is 15.2 Å². The third kappa shape index (κ3) is 3.71. The maximum absolute atomic E-state index is 12.0. The standard InChI is InChI=1S/C13H19N3OS/c1-14-11-4-8-16(9-5-11)13(17)10-18-12-2-6-15-7-3-12/h2-3,6-7,11,14H,4-5,8-10H2,1H3. The fourth-order valence-electron chi connectivity index (χ4n) is 2.09. The number of rotatable bonds is 4. The van der Waals surface area contributed by atoms with E-state index < -0.39 is 0 Å². The van der Waals surface area contributed by atoms with Gasteiger partial charge in [0, 0.05) is 36.4 Å². The summed E-state index contributed by atoms with van der Waals surface area (Å²) in [4.78, 5) is 19.1. The molecule has 0 bridgehead atoms. The molecule has 18 heavy (non-hydrogen) atoms. The zero-order valence-corrected chi connectivity index (χ0v) is 11.4. The van der Waals surface area contributed by atoms with Crippen molar-refractivity contribution in [3.63, 3.8) is 0 Å². The lowest BCUT2D eigenvalue weighted by atomic mass is 10.1. The molecule has 1 amide bonds. The third-order valence-corrected chi connectivity index (χ3v) is 4.26. The van der Waals surface area contributed by atoms with E-state index in [4.69, 9.17) is 0 Å². The molecule has 5 heteroatoms. The Kier molecular flexibility index (Phi) is 5.01. The van der Waals surface area contributed by atoms with Gasteiger partial charge in [-0.15, -0.1) is 11.8 Å². The average Bonchev–Trinajstić information content (AvgIpc) is 2.46. The summed E-state index contributed by atoms with van der Waals surface area (Å²) >= 11 is 1.58. The Hall–Kier alpha value is -1.07. The van der Waals surface area contributed by atoms with Crippen molar-refractivity contribution < 1.29 is 4.79 Å². The van der Waals surface area contributed by atoms with Crippen molar-refractivity contribution in [2.45, 2.75) is 23.8 Å². The Labute approximate surface area is 112 Å². The highest BCUT2D eigenvalue weighted by molar-refractivity contribution is 8.00. The van der Waals surface area contributed by atoms with Gasteiger partial charge in [0.15, 0.2) is 0 Å². The summed E-state index contributed by atoms with van der Waals surface area (Å²) in [5.41, 5.74) is 0. The summed E-state index contributed by atoms with van der Waals surface area (Å²) in [5, 5.41) is 3.27. The molecule has 1 aromatic heterocycles. The molecule has 1 aliphatic rings. The number of hydrogen-bond acceptors (Lipinski definition) is 4. The highest BCUT2D eigenvalue weighted by Gasteiger charge is 2.21. The molecule has 0 aromatic carbocycles. The van der Waals surface area contributed by atoms with Crippen LogP contribution >= 0.6 is 11.8 Å². The van der Waals surface area contributed by atoms with Gasteiger partial charge in [0.25, 0.3) is 0 Å². The molecule has 0 unspecified atom stereocenters.